The largest absolute Gasteiger partial charge is 0.409 e. The molecule has 16 heavy (non-hydrogen) atoms. The SMILES string of the molecule is CC(CC(N)=NO)NCCc1nccn1C. The van der Waals surface area contributed by atoms with Gasteiger partial charge in [-0.05, 0) is 6.92 Å². The van der Waals surface area contributed by atoms with Crippen LogP contribution < -0.4 is 11.1 Å². The topological polar surface area (TPSA) is 88.5 Å². The molecule has 6 heteroatoms. The van der Waals surface area contributed by atoms with Crippen LogP contribution in [-0.4, -0.2) is 33.2 Å². The van der Waals surface area contributed by atoms with Gasteiger partial charge in [0, 0.05) is 44.9 Å². The summed E-state index contributed by atoms with van der Waals surface area (Å²) in [7, 11) is 1.97. The van der Waals surface area contributed by atoms with Crippen LogP contribution in [0.5, 0.6) is 0 Å². The first-order valence-electron chi connectivity index (χ1n) is 5.29. The van der Waals surface area contributed by atoms with Crippen LogP contribution in [0.25, 0.3) is 0 Å². The van der Waals surface area contributed by atoms with E-state index in [1.54, 1.807) is 6.20 Å². The minimum Gasteiger partial charge on any atom is -0.409 e. The summed E-state index contributed by atoms with van der Waals surface area (Å²) < 4.78 is 2.00. The molecule has 0 aliphatic heterocycles. The highest BCUT2D eigenvalue weighted by Gasteiger charge is 2.05. The molecule has 0 bridgehead atoms. The molecule has 1 rings (SSSR count). The zero-order valence-corrected chi connectivity index (χ0v) is 9.72. The number of hydrogen-bond acceptors (Lipinski definition) is 4. The lowest BCUT2D eigenvalue weighted by atomic mass is 10.2. The van der Waals surface area contributed by atoms with Crippen molar-refractivity contribution in [2.45, 2.75) is 25.8 Å². The van der Waals surface area contributed by atoms with Crippen molar-refractivity contribution in [1.82, 2.24) is 14.9 Å². The van der Waals surface area contributed by atoms with Crippen LogP contribution in [-0.2, 0) is 13.5 Å². The number of nitrogens with one attached hydrogen (secondary N) is 1. The Kier molecular flexibility index (Phi) is 4.78. The van der Waals surface area contributed by atoms with Crippen LogP contribution in [0.4, 0.5) is 0 Å². The van der Waals surface area contributed by atoms with Crippen molar-refractivity contribution >= 4 is 5.84 Å². The molecule has 0 radical (unpaired) electrons. The minimum absolute atomic E-state index is 0.191. The quantitative estimate of drug-likeness (QED) is 0.277. The van der Waals surface area contributed by atoms with Crippen LogP contribution in [0.1, 0.15) is 19.2 Å². The van der Waals surface area contributed by atoms with E-state index in [2.05, 4.69) is 15.5 Å². The van der Waals surface area contributed by atoms with Crippen molar-refractivity contribution in [3.8, 4) is 0 Å². The summed E-state index contributed by atoms with van der Waals surface area (Å²) in [6.07, 6.45) is 5.12. The van der Waals surface area contributed by atoms with Gasteiger partial charge in [0.25, 0.3) is 0 Å². The second-order valence-electron chi connectivity index (χ2n) is 3.86. The molecule has 0 aliphatic rings. The second-order valence-corrected chi connectivity index (χ2v) is 3.86. The van der Waals surface area contributed by atoms with Crippen LogP contribution in [0, 0.1) is 0 Å². The third kappa shape index (κ3) is 3.90. The van der Waals surface area contributed by atoms with E-state index in [9.17, 15) is 0 Å². The van der Waals surface area contributed by atoms with E-state index >= 15 is 0 Å². The lowest BCUT2D eigenvalue weighted by Crippen LogP contribution is -2.32. The molecule has 4 N–H and O–H groups in total. The molecule has 1 aromatic heterocycles. The summed E-state index contributed by atoms with van der Waals surface area (Å²) in [4.78, 5) is 4.22. The van der Waals surface area contributed by atoms with Crippen molar-refractivity contribution in [3.05, 3.63) is 18.2 Å². The van der Waals surface area contributed by atoms with Gasteiger partial charge in [-0.3, -0.25) is 0 Å². The van der Waals surface area contributed by atoms with Gasteiger partial charge in [0.15, 0.2) is 0 Å². The highest BCUT2D eigenvalue weighted by Crippen LogP contribution is 1.96. The number of nitrogens with two attached hydrogens (primary N) is 1. The van der Waals surface area contributed by atoms with Crippen LogP contribution in [0.3, 0.4) is 0 Å². The Morgan fingerprint density at radius 2 is 2.50 bits per heavy atom. The summed E-state index contributed by atoms with van der Waals surface area (Å²) in [5, 5.41) is 14.6. The van der Waals surface area contributed by atoms with Gasteiger partial charge in [-0.1, -0.05) is 5.16 Å². The Hall–Kier alpha value is -1.56. The standard InChI is InChI=1S/C10H19N5O/c1-8(7-9(11)14-16)12-4-3-10-13-5-6-15(10)2/h5-6,8,12,16H,3-4,7H2,1-2H3,(H2,11,14). The number of aryl methyl sites for hydroxylation is 1. The lowest BCUT2D eigenvalue weighted by molar-refractivity contribution is 0.316. The zero-order chi connectivity index (χ0) is 12.0. The summed E-state index contributed by atoms with van der Waals surface area (Å²) in [6.45, 7) is 2.82. The summed E-state index contributed by atoms with van der Waals surface area (Å²) in [5.74, 6) is 1.29. The highest BCUT2D eigenvalue weighted by atomic mass is 16.4. The molecule has 0 spiro atoms. The fourth-order valence-corrected chi connectivity index (χ4v) is 1.49. The molecule has 1 heterocycles. The Morgan fingerprint density at radius 3 is 3.06 bits per heavy atom. The van der Waals surface area contributed by atoms with Crippen molar-refractivity contribution < 1.29 is 5.21 Å². The van der Waals surface area contributed by atoms with E-state index in [4.69, 9.17) is 10.9 Å². The third-order valence-electron chi connectivity index (χ3n) is 2.41. The maximum absolute atomic E-state index is 8.42. The third-order valence-corrected chi connectivity index (χ3v) is 2.41. The lowest BCUT2D eigenvalue weighted by Gasteiger charge is -2.12. The molecule has 0 fully saturated rings. The number of amidine groups is 1. The maximum Gasteiger partial charge on any atom is 0.140 e. The van der Waals surface area contributed by atoms with E-state index in [1.807, 2.05) is 24.7 Å². The van der Waals surface area contributed by atoms with Gasteiger partial charge in [-0.15, -0.1) is 0 Å². The smallest absolute Gasteiger partial charge is 0.140 e. The minimum atomic E-state index is 0.191. The Morgan fingerprint density at radius 1 is 1.75 bits per heavy atom. The number of hydrogen-bond donors (Lipinski definition) is 3. The Labute approximate surface area is 95.2 Å². The molecule has 6 nitrogen and oxygen atoms in total. The van der Waals surface area contributed by atoms with E-state index in [1.165, 1.54) is 0 Å². The van der Waals surface area contributed by atoms with Gasteiger partial charge in [-0.25, -0.2) is 4.98 Å². The fourth-order valence-electron chi connectivity index (χ4n) is 1.49. The molecule has 1 aromatic rings. The normalized spacial score (nSPS) is 14.0. The summed E-state index contributed by atoms with van der Waals surface area (Å²) >= 11 is 0. The molecule has 0 saturated heterocycles. The molecule has 0 aliphatic carbocycles. The number of rotatable bonds is 6. The van der Waals surface area contributed by atoms with Crippen molar-refractivity contribution in [3.63, 3.8) is 0 Å². The van der Waals surface area contributed by atoms with Crippen LogP contribution in [0.2, 0.25) is 0 Å². The number of imidazole rings is 1. The van der Waals surface area contributed by atoms with Gasteiger partial charge in [0.2, 0.25) is 0 Å². The predicted molar refractivity (Wildman–Crippen MR) is 62.4 cm³/mol. The summed E-state index contributed by atoms with van der Waals surface area (Å²) in [5.41, 5.74) is 5.41. The number of aromatic nitrogens is 2. The monoisotopic (exact) mass is 225 g/mol. The molecule has 0 saturated carbocycles. The fraction of sp³-hybridized carbons (Fsp3) is 0.600. The van der Waals surface area contributed by atoms with E-state index in [0.29, 0.717) is 6.42 Å². The summed E-state index contributed by atoms with van der Waals surface area (Å²) in [6, 6.07) is 0.191. The number of nitrogens with zero attached hydrogens (tertiary/aromatic N) is 3. The predicted octanol–water partition coefficient (Wildman–Crippen LogP) is 0.0772. The first-order valence-corrected chi connectivity index (χ1v) is 5.29. The first kappa shape index (κ1) is 12.5. The average Bonchev–Trinajstić information content (AvgIpc) is 2.64. The van der Waals surface area contributed by atoms with Crippen molar-refractivity contribution in [1.29, 1.82) is 0 Å². The molecule has 90 valence electrons. The Balaban J connectivity index is 2.23. The first-order chi connectivity index (χ1) is 7.63. The molecular formula is C10H19N5O. The van der Waals surface area contributed by atoms with Crippen LogP contribution >= 0.6 is 0 Å². The van der Waals surface area contributed by atoms with Crippen molar-refractivity contribution in [2.75, 3.05) is 6.54 Å². The molecular weight excluding hydrogens is 206 g/mol. The molecule has 1 unspecified atom stereocenters. The number of oxime groups is 1. The van der Waals surface area contributed by atoms with E-state index in [-0.39, 0.29) is 11.9 Å². The Bertz CT molecular complexity index is 347. The average molecular weight is 225 g/mol. The molecule has 1 atom stereocenters. The van der Waals surface area contributed by atoms with E-state index in [0.717, 1.165) is 18.8 Å². The van der Waals surface area contributed by atoms with Crippen LogP contribution in [0.15, 0.2) is 17.5 Å². The molecule has 0 amide bonds. The van der Waals surface area contributed by atoms with E-state index < -0.39 is 0 Å². The zero-order valence-electron chi connectivity index (χ0n) is 9.72. The van der Waals surface area contributed by atoms with Gasteiger partial charge < -0.3 is 20.8 Å². The maximum atomic E-state index is 8.42. The van der Waals surface area contributed by atoms with Gasteiger partial charge in [-0.2, -0.15) is 0 Å². The van der Waals surface area contributed by atoms with Gasteiger partial charge in [0.05, 0.1) is 0 Å². The second kappa shape index (κ2) is 6.12. The van der Waals surface area contributed by atoms with Gasteiger partial charge >= 0.3 is 0 Å². The van der Waals surface area contributed by atoms with Gasteiger partial charge in [0.1, 0.15) is 11.7 Å². The highest BCUT2D eigenvalue weighted by molar-refractivity contribution is 5.80. The molecule has 0 aromatic carbocycles. The van der Waals surface area contributed by atoms with Crippen molar-refractivity contribution in [2.24, 2.45) is 17.9 Å².